The van der Waals surface area contributed by atoms with Crippen molar-refractivity contribution in [1.82, 2.24) is 19.9 Å². The fourth-order valence-electron chi connectivity index (χ4n) is 3.50. The van der Waals surface area contributed by atoms with Gasteiger partial charge < -0.3 is 4.98 Å². The fraction of sp³-hybridized carbons (Fsp3) is 0.217. The van der Waals surface area contributed by atoms with E-state index in [-0.39, 0.29) is 11.3 Å². The number of nitrogens with zero attached hydrogens (tertiary/aromatic N) is 3. The van der Waals surface area contributed by atoms with Crippen molar-refractivity contribution >= 4 is 32.5 Å². The summed E-state index contributed by atoms with van der Waals surface area (Å²) in [5.74, 6) is -2.91. The quantitative estimate of drug-likeness (QED) is 0.361. The second kappa shape index (κ2) is 9.26. The molecule has 3 aromatic heterocycles. The van der Waals surface area contributed by atoms with Gasteiger partial charge >= 0.3 is 0 Å². The lowest BCUT2D eigenvalue weighted by Crippen LogP contribution is -2.18. The molecule has 0 spiro atoms. The molecule has 0 aliphatic rings. The highest BCUT2D eigenvalue weighted by Gasteiger charge is 2.26. The molecule has 0 radical (unpaired) electrons. The number of benzene rings is 1. The maximum atomic E-state index is 15.1. The van der Waals surface area contributed by atoms with Crippen LogP contribution in [0.25, 0.3) is 22.2 Å². The smallest absolute Gasteiger partial charge is 0.232 e. The molecule has 176 valence electrons. The van der Waals surface area contributed by atoms with Crippen LogP contribution in [-0.2, 0) is 16.4 Å². The van der Waals surface area contributed by atoms with Gasteiger partial charge in [-0.1, -0.05) is 13.8 Å². The number of anilines is 1. The molecule has 0 saturated heterocycles. The zero-order chi connectivity index (χ0) is 24.5. The van der Waals surface area contributed by atoms with E-state index >= 15 is 4.39 Å². The number of hydrogen-bond acceptors (Lipinski definition) is 6. The van der Waals surface area contributed by atoms with Gasteiger partial charge in [0.05, 0.1) is 17.0 Å². The van der Waals surface area contributed by atoms with Crippen LogP contribution in [0, 0.1) is 11.6 Å². The number of halogens is 2. The zero-order valence-corrected chi connectivity index (χ0v) is 19.2. The Labute approximate surface area is 194 Å². The Balaban J connectivity index is 1.76. The van der Waals surface area contributed by atoms with E-state index in [0.29, 0.717) is 40.8 Å². The normalized spacial score (nSPS) is 11.6. The minimum absolute atomic E-state index is 0.0122. The number of nitrogens with one attached hydrogen (secondary N) is 2. The second-order valence-corrected chi connectivity index (χ2v) is 9.44. The van der Waals surface area contributed by atoms with E-state index in [1.807, 2.05) is 6.92 Å². The summed E-state index contributed by atoms with van der Waals surface area (Å²) in [4.78, 5) is 28.8. The van der Waals surface area contributed by atoms with Gasteiger partial charge in [0.2, 0.25) is 15.8 Å². The topological polar surface area (TPSA) is 118 Å². The van der Waals surface area contributed by atoms with Crippen LogP contribution in [0.2, 0.25) is 0 Å². The average molecular weight is 486 g/mol. The van der Waals surface area contributed by atoms with Gasteiger partial charge in [0, 0.05) is 53.3 Å². The number of rotatable bonds is 8. The van der Waals surface area contributed by atoms with Crippen LogP contribution >= 0.6 is 0 Å². The molecule has 4 rings (SSSR count). The van der Waals surface area contributed by atoms with Crippen LogP contribution in [0.4, 0.5) is 14.5 Å². The van der Waals surface area contributed by atoms with E-state index in [1.54, 1.807) is 31.6 Å². The molecule has 0 saturated carbocycles. The summed E-state index contributed by atoms with van der Waals surface area (Å²) in [5, 5.41) is 0.345. The molecule has 1 aromatic carbocycles. The van der Waals surface area contributed by atoms with Crippen molar-refractivity contribution in [3.05, 3.63) is 71.6 Å². The molecule has 34 heavy (non-hydrogen) atoms. The molecule has 4 aromatic rings. The maximum Gasteiger partial charge on any atom is 0.232 e. The third-order valence-electron chi connectivity index (χ3n) is 5.19. The molecule has 0 amide bonds. The van der Waals surface area contributed by atoms with Crippen molar-refractivity contribution in [2.45, 2.75) is 26.7 Å². The van der Waals surface area contributed by atoms with Crippen molar-refractivity contribution in [3.8, 4) is 11.1 Å². The first-order valence-electron chi connectivity index (χ1n) is 10.6. The first-order chi connectivity index (χ1) is 16.2. The summed E-state index contributed by atoms with van der Waals surface area (Å²) < 4.78 is 55.9. The number of sulfonamides is 1. The Morgan fingerprint density at radius 3 is 2.44 bits per heavy atom. The lowest BCUT2D eigenvalue weighted by Gasteiger charge is -2.11. The van der Waals surface area contributed by atoms with Crippen LogP contribution in [0.15, 0.2) is 43.0 Å². The van der Waals surface area contributed by atoms with Crippen molar-refractivity contribution in [3.63, 3.8) is 0 Å². The maximum absolute atomic E-state index is 15.1. The number of aromatic nitrogens is 4. The fourth-order valence-corrected chi connectivity index (χ4v) is 4.63. The number of pyridine rings is 1. The SMILES string of the molecule is CCCS(=O)(=O)Nc1ccc(F)c(C(=O)c2c[nH]c3ncc(-c4cnc(CC)nc4)cc23)c1F. The highest BCUT2D eigenvalue weighted by molar-refractivity contribution is 7.92. The number of carbonyl (C=O) groups excluding carboxylic acids is 1. The number of fused-ring (bicyclic) bond motifs is 1. The third-order valence-corrected chi connectivity index (χ3v) is 6.66. The van der Waals surface area contributed by atoms with Gasteiger partial charge in [-0.25, -0.2) is 32.2 Å². The molecule has 11 heteroatoms. The van der Waals surface area contributed by atoms with Gasteiger partial charge in [-0.05, 0) is 24.6 Å². The molecule has 0 atom stereocenters. The highest BCUT2D eigenvalue weighted by Crippen LogP contribution is 2.29. The Bertz CT molecular complexity index is 1480. The molecule has 0 fully saturated rings. The van der Waals surface area contributed by atoms with E-state index in [0.717, 1.165) is 12.1 Å². The lowest BCUT2D eigenvalue weighted by atomic mass is 10.0. The summed E-state index contributed by atoms with van der Waals surface area (Å²) >= 11 is 0. The third kappa shape index (κ3) is 4.51. The Hall–Kier alpha value is -3.73. The molecular weight excluding hydrogens is 464 g/mol. The number of aryl methyl sites for hydroxylation is 1. The van der Waals surface area contributed by atoms with Gasteiger partial charge in [-0.2, -0.15) is 0 Å². The number of ketones is 1. The van der Waals surface area contributed by atoms with Gasteiger partial charge in [-0.15, -0.1) is 0 Å². The Morgan fingerprint density at radius 2 is 1.76 bits per heavy atom. The molecular formula is C23H21F2N5O3S. The standard InChI is InChI=1S/C23H21F2N5O3S/c1-3-7-34(32,33)30-18-6-5-17(24)20(21(18)25)22(31)16-12-29-23-15(16)8-13(9-28-23)14-10-26-19(4-2)27-11-14/h5-6,8-12,30H,3-4,7H2,1-2H3,(H,28,29). The van der Waals surface area contributed by atoms with Crippen LogP contribution in [0.5, 0.6) is 0 Å². The first-order valence-corrected chi connectivity index (χ1v) is 12.2. The zero-order valence-electron chi connectivity index (χ0n) is 18.4. The largest absolute Gasteiger partial charge is 0.345 e. The van der Waals surface area contributed by atoms with Gasteiger partial charge in [0.15, 0.2) is 5.82 Å². The van der Waals surface area contributed by atoms with Crippen molar-refractivity contribution in [2.75, 3.05) is 10.5 Å². The molecule has 2 N–H and O–H groups in total. The van der Waals surface area contributed by atoms with Crippen molar-refractivity contribution < 1.29 is 22.0 Å². The van der Waals surface area contributed by atoms with Gasteiger partial charge in [0.1, 0.15) is 17.3 Å². The lowest BCUT2D eigenvalue weighted by molar-refractivity contribution is 0.103. The molecule has 0 aliphatic heterocycles. The summed E-state index contributed by atoms with van der Waals surface area (Å²) in [6.45, 7) is 3.58. The van der Waals surface area contributed by atoms with E-state index in [4.69, 9.17) is 0 Å². The number of carbonyl (C=O) groups is 1. The van der Waals surface area contributed by atoms with E-state index in [9.17, 15) is 17.6 Å². The second-order valence-electron chi connectivity index (χ2n) is 7.60. The molecule has 0 bridgehead atoms. The van der Waals surface area contributed by atoms with Crippen LogP contribution < -0.4 is 4.72 Å². The van der Waals surface area contributed by atoms with Crippen molar-refractivity contribution in [1.29, 1.82) is 0 Å². The number of aromatic amines is 1. The number of hydrogen-bond donors (Lipinski definition) is 2. The summed E-state index contributed by atoms with van der Waals surface area (Å²) in [5.41, 5.74) is 0.256. The minimum Gasteiger partial charge on any atom is -0.345 e. The molecule has 0 aliphatic carbocycles. The van der Waals surface area contributed by atoms with E-state index < -0.39 is 38.7 Å². The molecule has 8 nitrogen and oxygen atoms in total. The van der Waals surface area contributed by atoms with Gasteiger partial charge in [0.25, 0.3) is 0 Å². The van der Waals surface area contributed by atoms with E-state index in [1.165, 1.54) is 6.20 Å². The van der Waals surface area contributed by atoms with Crippen molar-refractivity contribution in [2.24, 2.45) is 0 Å². The van der Waals surface area contributed by atoms with E-state index in [2.05, 4.69) is 24.7 Å². The van der Waals surface area contributed by atoms with Crippen LogP contribution in [-0.4, -0.2) is 39.9 Å². The average Bonchev–Trinajstić information content (AvgIpc) is 3.24. The predicted molar refractivity (Wildman–Crippen MR) is 124 cm³/mol. The van der Waals surface area contributed by atoms with Crippen LogP contribution in [0.1, 0.15) is 42.0 Å². The predicted octanol–water partition coefficient (Wildman–Crippen LogP) is 4.24. The molecule has 0 unspecified atom stereocenters. The van der Waals surface area contributed by atoms with Gasteiger partial charge in [-0.3, -0.25) is 9.52 Å². The summed E-state index contributed by atoms with van der Waals surface area (Å²) in [6, 6.07) is 3.45. The highest BCUT2D eigenvalue weighted by atomic mass is 32.2. The first kappa shape index (κ1) is 23.4. The Morgan fingerprint density at radius 1 is 1.06 bits per heavy atom. The minimum atomic E-state index is -3.84. The summed E-state index contributed by atoms with van der Waals surface area (Å²) in [6.07, 6.45) is 7.14. The summed E-state index contributed by atoms with van der Waals surface area (Å²) in [7, 11) is -3.84. The Kier molecular flexibility index (Phi) is 6.38. The number of H-pyrrole nitrogens is 1. The van der Waals surface area contributed by atoms with Crippen LogP contribution in [0.3, 0.4) is 0 Å². The molecule has 3 heterocycles. The monoisotopic (exact) mass is 485 g/mol.